The molecule has 2 amide bonds. The fraction of sp³-hybridized carbons (Fsp3) is 0. The standard InChI is InChI=1S/C13H9FN4OS/c14-9-3-1-2-4-10(9)16-13(19)15-8-5-6-12-11(7-8)17-18-20-12/h1-7H,(H2,15,16,19). The van der Waals surface area contributed by atoms with Crippen LogP contribution in [-0.2, 0) is 0 Å². The van der Waals surface area contributed by atoms with E-state index in [9.17, 15) is 9.18 Å². The summed E-state index contributed by atoms with van der Waals surface area (Å²) in [6.45, 7) is 0. The van der Waals surface area contributed by atoms with E-state index in [1.165, 1.54) is 23.7 Å². The van der Waals surface area contributed by atoms with Crippen molar-refractivity contribution in [2.75, 3.05) is 10.6 Å². The van der Waals surface area contributed by atoms with Gasteiger partial charge in [-0.1, -0.05) is 16.6 Å². The summed E-state index contributed by atoms with van der Waals surface area (Å²) in [6.07, 6.45) is 0. The van der Waals surface area contributed by atoms with Crippen LogP contribution in [0.25, 0.3) is 10.2 Å². The number of carbonyl (C=O) groups is 1. The Morgan fingerprint density at radius 1 is 1.15 bits per heavy atom. The molecule has 2 aromatic carbocycles. The first-order chi connectivity index (χ1) is 9.72. The Labute approximate surface area is 117 Å². The molecule has 1 heterocycles. The lowest BCUT2D eigenvalue weighted by atomic mass is 10.3. The van der Waals surface area contributed by atoms with Crippen molar-refractivity contribution < 1.29 is 9.18 Å². The van der Waals surface area contributed by atoms with Crippen molar-refractivity contribution in [3.05, 3.63) is 48.3 Å². The van der Waals surface area contributed by atoms with Gasteiger partial charge >= 0.3 is 6.03 Å². The Kier molecular flexibility index (Phi) is 3.26. The second-order valence-corrected chi connectivity index (χ2v) is 4.80. The van der Waals surface area contributed by atoms with Crippen LogP contribution in [0.2, 0.25) is 0 Å². The molecule has 3 rings (SSSR count). The van der Waals surface area contributed by atoms with E-state index in [0.29, 0.717) is 11.2 Å². The maximum absolute atomic E-state index is 13.4. The van der Waals surface area contributed by atoms with Gasteiger partial charge in [0.05, 0.1) is 10.4 Å². The summed E-state index contributed by atoms with van der Waals surface area (Å²) in [4.78, 5) is 11.8. The molecule has 0 fully saturated rings. The third-order valence-corrected chi connectivity index (χ3v) is 3.33. The molecule has 0 saturated carbocycles. The van der Waals surface area contributed by atoms with Crippen LogP contribution < -0.4 is 10.6 Å². The number of hydrogen-bond donors (Lipinski definition) is 2. The number of para-hydroxylation sites is 1. The zero-order chi connectivity index (χ0) is 13.9. The molecule has 100 valence electrons. The zero-order valence-electron chi connectivity index (χ0n) is 10.1. The van der Waals surface area contributed by atoms with Crippen LogP contribution in [0.15, 0.2) is 42.5 Å². The van der Waals surface area contributed by atoms with E-state index < -0.39 is 11.8 Å². The summed E-state index contributed by atoms with van der Waals surface area (Å²) in [5.74, 6) is -0.484. The lowest BCUT2D eigenvalue weighted by Crippen LogP contribution is -2.20. The van der Waals surface area contributed by atoms with Gasteiger partial charge in [0.15, 0.2) is 0 Å². The number of halogens is 1. The highest BCUT2D eigenvalue weighted by Crippen LogP contribution is 2.20. The molecule has 0 aliphatic heterocycles. The number of anilines is 2. The maximum atomic E-state index is 13.4. The number of amides is 2. The number of rotatable bonds is 2. The molecule has 20 heavy (non-hydrogen) atoms. The summed E-state index contributed by atoms with van der Waals surface area (Å²) in [6, 6.07) is 10.7. The third-order valence-electron chi connectivity index (χ3n) is 2.63. The summed E-state index contributed by atoms with van der Waals surface area (Å²) in [5, 5.41) is 8.98. The van der Waals surface area contributed by atoms with E-state index >= 15 is 0 Å². The molecule has 0 atom stereocenters. The van der Waals surface area contributed by atoms with Gasteiger partial charge in [-0.05, 0) is 41.9 Å². The molecule has 5 nitrogen and oxygen atoms in total. The van der Waals surface area contributed by atoms with E-state index in [0.717, 1.165) is 4.70 Å². The topological polar surface area (TPSA) is 66.9 Å². The second-order valence-electron chi connectivity index (χ2n) is 4.01. The summed E-state index contributed by atoms with van der Waals surface area (Å²) in [5.41, 5.74) is 1.40. The monoisotopic (exact) mass is 288 g/mol. The third kappa shape index (κ3) is 2.57. The predicted molar refractivity (Wildman–Crippen MR) is 76.5 cm³/mol. The van der Waals surface area contributed by atoms with Crippen LogP contribution in [0.1, 0.15) is 0 Å². The minimum Gasteiger partial charge on any atom is -0.308 e. The Balaban J connectivity index is 1.74. The van der Waals surface area contributed by atoms with Crippen molar-refractivity contribution in [1.82, 2.24) is 9.59 Å². The fourth-order valence-corrected chi connectivity index (χ4v) is 2.25. The van der Waals surface area contributed by atoms with E-state index in [2.05, 4.69) is 20.2 Å². The summed E-state index contributed by atoms with van der Waals surface area (Å²) >= 11 is 1.28. The first kappa shape index (κ1) is 12.5. The van der Waals surface area contributed by atoms with Crippen molar-refractivity contribution in [3.8, 4) is 0 Å². The highest BCUT2D eigenvalue weighted by Gasteiger charge is 2.07. The molecule has 0 radical (unpaired) electrons. The van der Waals surface area contributed by atoms with Crippen molar-refractivity contribution in [2.24, 2.45) is 0 Å². The Bertz CT molecular complexity index is 774. The smallest absolute Gasteiger partial charge is 0.308 e. The van der Waals surface area contributed by atoms with Crippen molar-refractivity contribution in [2.45, 2.75) is 0 Å². The Morgan fingerprint density at radius 2 is 2.00 bits per heavy atom. The maximum Gasteiger partial charge on any atom is 0.323 e. The van der Waals surface area contributed by atoms with Gasteiger partial charge in [-0.3, -0.25) is 0 Å². The van der Waals surface area contributed by atoms with Gasteiger partial charge in [0, 0.05) is 5.69 Å². The summed E-state index contributed by atoms with van der Waals surface area (Å²) < 4.78 is 18.1. The van der Waals surface area contributed by atoms with Gasteiger partial charge in [-0.2, -0.15) is 0 Å². The van der Waals surface area contributed by atoms with Crippen LogP contribution in [0.4, 0.5) is 20.6 Å². The van der Waals surface area contributed by atoms with Crippen LogP contribution >= 0.6 is 11.5 Å². The van der Waals surface area contributed by atoms with Gasteiger partial charge in [0.2, 0.25) is 0 Å². The number of hydrogen-bond acceptors (Lipinski definition) is 4. The van der Waals surface area contributed by atoms with E-state index in [1.807, 2.05) is 6.07 Å². The lowest BCUT2D eigenvalue weighted by Gasteiger charge is -2.08. The van der Waals surface area contributed by atoms with Gasteiger partial charge in [-0.25, -0.2) is 9.18 Å². The number of benzene rings is 2. The first-order valence-electron chi connectivity index (χ1n) is 5.77. The van der Waals surface area contributed by atoms with Gasteiger partial charge in [0.25, 0.3) is 0 Å². The SMILES string of the molecule is O=C(Nc1ccc2snnc2c1)Nc1ccccc1F. The molecule has 2 N–H and O–H groups in total. The largest absolute Gasteiger partial charge is 0.323 e. The van der Waals surface area contributed by atoms with E-state index in [-0.39, 0.29) is 5.69 Å². The van der Waals surface area contributed by atoms with E-state index in [1.54, 1.807) is 24.3 Å². The number of aromatic nitrogens is 2. The summed E-state index contributed by atoms with van der Waals surface area (Å²) in [7, 11) is 0. The van der Waals surface area contributed by atoms with Crippen molar-refractivity contribution in [3.63, 3.8) is 0 Å². The van der Waals surface area contributed by atoms with Crippen LogP contribution in [0.5, 0.6) is 0 Å². The quantitative estimate of drug-likeness (QED) is 0.758. The molecule has 0 saturated heterocycles. The van der Waals surface area contributed by atoms with Crippen molar-refractivity contribution in [1.29, 1.82) is 0 Å². The minimum absolute atomic E-state index is 0.126. The average Bonchev–Trinajstić information content (AvgIpc) is 2.89. The molecular formula is C13H9FN4OS. The number of nitrogens with zero attached hydrogens (tertiary/aromatic N) is 2. The van der Waals surface area contributed by atoms with E-state index in [4.69, 9.17) is 0 Å². The molecule has 1 aromatic heterocycles. The van der Waals surface area contributed by atoms with Gasteiger partial charge in [0.1, 0.15) is 11.3 Å². The average molecular weight is 288 g/mol. The van der Waals surface area contributed by atoms with Crippen molar-refractivity contribution >= 4 is 39.2 Å². The normalized spacial score (nSPS) is 10.4. The molecular weight excluding hydrogens is 279 g/mol. The van der Waals surface area contributed by atoms with Gasteiger partial charge < -0.3 is 10.6 Å². The molecule has 0 aliphatic carbocycles. The lowest BCUT2D eigenvalue weighted by molar-refractivity contribution is 0.262. The second kappa shape index (κ2) is 5.22. The van der Waals surface area contributed by atoms with Crippen LogP contribution in [0, 0.1) is 5.82 Å². The van der Waals surface area contributed by atoms with Crippen LogP contribution in [0.3, 0.4) is 0 Å². The van der Waals surface area contributed by atoms with Gasteiger partial charge in [-0.15, -0.1) is 5.10 Å². The predicted octanol–water partition coefficient (Wildman–Crippen LogP) is 3.47. The molecule has 0 unspecified atom stereocenters. The minimum atomic E-state index is -0.516. The number of fused-ring (bicyclic) bond motifs is 1. The highest BCUT2D eigenvalue weighted by molar-refractivity contribution is 7.12. The number of nitrogens with one attached hydrogen (secondary N) is 2. The molecule has 0 aliphatic rings. The number of urea groups is 1. The zero-order valence-corrected chi connectivity index (χ0v) is 10.9. The molecule has 0 bridgehead atoms. The number of carbonyl (C=O) groups excluding carboxylic acids is 1. The molecule has 3 aromatic rings. The molecule has 0 spiro atoms. The highest BCUT2D eigenvalue weighted by atomic mass is 32.1. The Morgan fingerprint density at radius 3 is 2.85 bits per heavy atom. The Hall–Kier alpha value is -2.54. The first-order valence-corrected chi connectivity index (χ1v) is 6.54. The van der Waals surface area contributed by atoms with Crippen LogP contribution in [-0.4, -0.2) is 15.6 Å². The molecule has 7 heteroatoms. The fourth-order valence-electron chi connectivity index (χ4n) is 1.71.